The Balaban J connectivity index is 2.92. The van der Waals surface area contributed by atoms with Crippen molar-refractivity contribution in [3.63, 3.8) is 0 Å². The van der Waals surface area contributed by atoms with Crippen LogP contribution in [0.25, 0.3) is 0 Å². The minimum absolute atomic E-state index is 0.138. The van der Waals surface area contributed by atoms with Gasteiger partial charge in [0.05, 0.1) is 5.56 Å². The van der Waals surface area contributed by atoms with Gasteiger partial charge in [-0.1, -0.05) is 26.8 Å². The summed E-state index contributed by atoms with van der Waals surface area (Å²) in [6, 6.07) is 5.35. The van der Waals surface area contributed by atoms with Gasteiger partial charge in [-0.15, -0.1) is 0 Å². The van der Waals surface area contributed by atoms with Crippen LogP contribution < -0.4 is 4.74 Å². The molecule has 0 saturated heterocycles. The van der Waals surface area contributed by atoms with Crippen molar-refractivity contribution in [3.8, 4) is 5.75 Å². The Hall–Kier alpha value is -1.84. The summed E-state index contributed by atoms with van der Waals surface area (Å²) in [7, 11) is 0. The van der Waals surface area contributed by atoms with Crippen LogP contribution >= 0.6 is 0 Å². The van der Waals surface area contributed by atoms with E-state index >= 15 is 0 Å². The molecule has 0 aliphatic rings. The molecule has 0 heterocycles. The van der Waals surface area contributed by atoms with Crippen molar-refractivity contribution in [2.75, 3.05) is 0 Å². The normalized spacial score (nSPS) is 12.0. The number of benzene rings is 1. The Morgan fingerprint density at radius 3 is 2.13 bits per heavy atom. The molecular weight excluding hydrogens is 292 g/mol. The maximum absolute atomic E-state index is 11.9. The first kappa shape index (κ1) is 19.2. The molecule has 0 N–H and O–H groups in total. The van der Waals surface area contributed by atoms with Crippen LogP contribution in [0.3, 0.4) is 0 Å². The van der Waals surface area contributed by atoms with Gasteiger partial charge in [0.1, 0.15) is 11.4 Å². The van der Waals surface area contributed by atoms with Crippen molar-refractivity contribution in [2.24, 2.45) is 5.41 Å². The van der Waals surface area contributed by atoms with E-state index in [9.17, 15) is 9.59 Å². The number of aryl methyl sites for hydroxylation is 1. The third kappa shape index (κ3) is 7.31. The molecule has 0 bridgehead atoms. The van der Waals surface area contributed by atoms with E-state index in [0.29, 0.717) is 5.56 Å². The molecule has 0 aliphatic carbocycles. The Bertz CT molecular complexity index is 574. The van der Waals surface area contributed by atoms with Crippen molar-refractivity contribution in [1.29, 1.82) is 0 Å². The van der Waals surface area contributed by atoms with E-state index in [4.69, 9.17) is 9.47 Å². The molecule has 23 heavy (non-hydrogen) atoms. The summed E-state index contributed by atoms with van der Waals surface area (Å²) in [5.74, 6) is 0.104. The molecule has 128 valence electrons. The highest BCUT2D eigenvalue weighted by atomic mass is 16.7. The van der Waals surface area contributed by atoms with Crippen LogP contribution in [0.4, 0.5) is 4.79 Å². The van der Waals surface area contributed by atoms with E-state index in [1.807, 2.05) is 6.07 Å². The zero-order chi connectivity index (χ0) is 17.8. The second kappa shape index (κ2) is 7.16. The minimum Gasteiger partial charge on any atom is -0.428 e. The second-order valence-electron chi connectivity index (χ2n) is 8.01. The predicted octanol–water partition coefficient (Wildman–Crippen LogP) is 5.18. The van der Waals surface area contributed by atoms with Gasteiger partial charge in [-0.05, 0) is 63.6 Å². The molecule has 0 fully saturated rings. The molecule has 0 saturated carbocycles. The highest BCUT2D eigenvalue weighted by molar-refractivity contribution is 5.97. The van der Waals surface area contributed by atoms with Gasteiger partial charge in [-0.2, -0.15) is 0 Å². The summed E-state index contributed by atoms with van der Waals surface area (Å²) in [6.45, 7) is 13.3. The number of Topliss-reactive ketones (excluding diaryl/α,β-unsaturated/α-hetero) is 1. The van der Waals surface area contributed by atoms with Crippen molar-refractivity contribution in [3.05, 3.63) is 29.3 Å². The SMILES string of the molecule is CC(=O)c1cc(CCC(C)(C)C)ccc1OC(=O)OC(C)(C)C. The number of ketones is 1. The molecule has 1 rings (SSSR count). The van der Waals surface area contributed by atoms with Gasteiger partial charge in [0.15, 0.2) is 5.78 Å². The zero-order valence-electron chi connectivity index (χ0n) is 15.3. The van der Waals surface area contributed by atoms with Crippen LogP contribution in [0.5, 0.6) is 5.75 Å². The molecule has 4 heteroatoms. The molecule has 0 amide bonds. The standard InChI is InChI=1S/C19H28O4/c1-13(20)15-12-14(10-11-18(2,3)4)8-9-16(15)22-17(21)23-19(5,6)7/h8-9,12H,10-11H2,1-7H3. The molecular formula is C19H28O4. The van der Waals surface area contributed by atoms with E-state index in [-0.39, 0.29) is 16.9 Å². The summed E-state index contributed by atoms with van der Waals surface area (Å²) >= 11 is 0. The quantitative estimate of drug-likeness (QED) is 0.435. The van der Waals surface area contributed by atoms with E-state index in [2.05, 4.69) is 20.8 Å². The number of carbonyl (C=O) groups is 2. The fourth-order valence-electron chi connectivity index (χ4n) is 1.98. The van der Waals surface area contributed by atoms with Crippen LogP contribution in [0.2, 0.25) is 0 Å². The number of ether oxygens (including phenoxy) is 2. The lowest BCUT2D eigenvalue weighted by Crippen LogP contribution is -2.26. The summed E-state index contributed by atoms with van der Waals surface area (Å²) in [5.41, 5.74) is 1.05. The highest BCUT2D eigenvalue weighted by Crippen LogP contribution is 2.26. The first-order valence-electron chi connectivity index (χ1n) is 7.92. The molecule has 1 aromatic carbocycles. The third-order valence-electron chi connectivity index (χ3n) is 3.17. The van der Waals surface area contributed by atoms with Crippen LogP contribution in [0, 0.1) is 5.41 Å². The number of hydrogen-bond acceptors (Lipinski definition) is 4. The zero-order valence-corrected chi connectivity index (χ0v) is 15.3. The average molecular weight is 320 g/mol. The van der Waals surface area contributed by atoms with Crippen molar-refractivity contribution >= 4 is 11.9 Å². The second-order valence-corrected chi connectivity index (χ2v) is 8.01. The number of rotatable bonds is 4. The first-order valence-corrected chi connectivity index (χ1v) is 7.92. The van der Waals surface area contributed by atoms with Crippen LogP contribution in [-0.4, -0.2) is 17.5 Å². The van der Waals surface area contributed by atoms with E-state index in [1.165, 1.54) is 6.92 Å². The van der Waals surface area contributed by atoms with Gasteiger partial charge in [-0.3, -0.25) is 4.79 Å². The fraction of sp³-hybridized carbons (Fsp3) is 0.579. The van der Waals surface area contributed by atoms with Gasteiger partial charge in [0.25, 0.3) is 0 Å². The fourth-order valence-corrected chi connectivity index (χ4v) is 1.98. The monoisotopic (exact) mass is 320 g/mol. The van der Waals surface area contributed by atoms with Crippen molar-refractivity contribution < 1.29 is 19.1 Å². The maximum atomic E-state index is 11.9. The molecule has 0 aromatic heterocycles. The lowest BCUT2D eigenvalue weighted by molar-refractivity contribution is 0.0205. The average Bonchev–Trinajstić information content (AvgIpc) is 2.33. The first-order chi connectivity index (χ1) is 10.4. The van der Waals surface area contributed by atoms with E-state index < -0.39 is 11.8 Å². The van der Waals surface area contributed by atoms with Gasteiger partial charge >= 0.3 is 6.16 Å². The lowest BCUT2D eigenvalue weighted by Gasteiger charge is -2.20. The summed E-state index contributed by atoms with van der Waals surface area (Å²) in [5, 5.41) is 0. The minimum atomic E-state index is -0.803. The molecule has 1 aromatic rings. The summed E-state index contributed by atoms with van der Waals surface area (Å²) < 4.78 is 10.3. The summed E-state index contributed by atoms with van der Waals surface area (Å²) in [4.78, 5) is 23.6. The molecule has 0 radical (unpaired) electrons. The third-order valence-corrected chi connectivity index (χ3v) is 3.17. The van der Waals surface area contributed by atoms with Crippen LogP contribution in [0.15, 0.2) is 18.2 Å². The highest BCUT2D eigenvalue weighted by Gasteiger charge is 2.20. The van der Waals surface area contributed by atoms with Crippen LogP contribution in [-0.2, 0) is 11.2 Å². The maximum Gasteiger partial charge on any atom is 0.514 e. The molecule has 0 spiro atoms. The summed E-state index contributed by atoms with van der Waals surface area (Å²) in [6.07, 6.45) is 1.08. The van der Waals surface area contributed by atoms with Gasteiger partial charge in [0.2, 0.25) is 0 Å². The predicted molar refractivity (Wildman–Crippen MR) is 91.1 cm³/mol. The Morgan fingerprint density at radius 1 is 1.04 bits per heavy atom. The molecule has 4 nitrogen and oxygen atoms in total. The Morgan fingerprint density at radius 2 is 1.65 bits per heavy atom. The topological polar surface area (TPSA) is 52.6 Å². The van der Waals surface area contributed by atoms with E-state index in [0.717, 1.165) is 18.4 Å². The largest absolute Gasteiger partial charge is 0.514 e. The van der Waals surface area contributed by atoms with Gasteiger partial charge in [-0.25, -0.2) is 4.79 Å². The number of hydrogen-bond donors (Lipinski definition) is 0. The van der Waals surface area contributed by atoms with Crippen molar-refractivity contribution in [1.82, 2.24) is 0 Å². The lowest BCUT2D eigenvalue weighted by atomic mass is 9.88. The Labute approximate surface area is 139 Å². The van der Waals surface area contributed by atoms with Gasteiger partial charge in [0, 0.05) is 0 Å². The van der Waals surface area contributed by atoms with Crippen LogP contribution in [0.1, 0.15) is 70.8 Å². The molecule has 0 aliphatic heterocycles. The van der Waals surface area contributed by atoms with E-state index in [1.54, 1.807) is 32.9 Å². The smallest absolute Gasteiger partial charge is 0.428 e. The van der Waals surface area contributed by atoms with Crippen molar-refractivity contribution in [2.45, 2.75) is 66.9 Å². The molecule has 0 atom stereocenters. The molecule has 0 unspecified atom stereocenters. The van der Waals surface area contributed by atoms with Gasteiger partial charge < -0.3 is 9.47 Å². The Kier molecular flexibility index (Phi) is 5.98. The number of carbonyl (C=O) groups excluding carboxylic acids is 2.